The molecule has 3 nitrogen and oxygen atoms in total. The van der Waals surface area contributed by atoms with Crippen molar-refractivity contribution in [2.24, 2.45) is 0 Å². The van der Waals surface area contributed by atoms with E-state index in [1.54, 1.807) is 37.4 Å². The first-order valence-electron chi connectivity index (χ1n) is 5.61. The molecule has 0 atom stereocenters. The predicted octanol–water partition coefficient (Wildman–Crippen LogP) is 3.76. The molecule has 2 N–H and O–H groups in total. The lowest BCUT2D eigenvalue weighted by molar-refractivity contribution is 0.304. The third-order valence-corrected chi connectivity index (χ3v) is 3.52. The van der Waals surface area contributed by atoms with Crippen molar-refractivity contribution in [2.75, 3.05) is 12.8 Å². The van der Waals surface area contributed by atoms with Crippen molar-refractivity contribution in [2.45, 2.75) is 6.61 Å². The third kappa shape index (κ3) is 3.17. The van der Waals surface area contributed by atoms with E-state index in [-0.39, 0.29) is 12.4 Å². The number of methoxy groups -OCH3 is 1. The molecule has 0 aliphatic carbocycles. The summed E-state index contributed by atoms with van der Waals surface area (Å²) in [6, 6.07) is 9.97. The lowest BCUT2D eigenvalue weighted by atomic mass is 10.2. The second-order valence-electron chi connectivity index (χ2n) is 3.91. The highest BCUT2D eigenvalue weighted by molar-refractivity contribution is 9.10. The van der Waals surface area contributed by atoms with Crippen LogP contribution in [0.3, 0.4) is 0 Å². The number of rotatable bonds is 4. The van der Waals surface area contributed by atoms with Crippen LogP contribution in [-0.4, -0.2) is 7.11 Å². The van der Waals surface area contributed by atoms with Gasteiger partial charge in [0.05, 0.1) is 17.3 Å². The molecule has 0 saturated carbocycles. The highest BCUT2D eigenvalue weighted by Crippen LogP contribution is 2.27. The molecule has 0 spiro atoms. The van der Waals surface area contributed by atoms with Crippen LogP contribution < -0.4 is 15.2 Å². The Kier molecular flexibility index (Phi) is 4.27. The monoisotopic (exact) mass is 325 g/mol. The number of halogens is 2. The van der Waals surface area contributed by atoms with E-state index in [0.717, 1.165) is 5.56 Å². The third-order valence-electron chi connectivity index (χ3n) is 2.63. The standard InChI is InChI=1S/C14H13BrFNO2/c1-18-13-6-5-10(7-12(13)17)19-8-9-3-2-4-11(16)14(9)15/h2-7H,8,17H2,1H3. The number of ether oxygens (including phenoxy) is 2. The van der Waals surface area contributed by atoms with Crippen LogP contribution in [0.15, 0.2) is 40.9 Å². The van der Waals surface area contributed by atoms with Gasteiger partial charge in [0, 0.05) is 11.6 Å². The molecule has 2 aromatic rings. The number of nitrogen functional groups attached to an aromatic ring is 1. The normalized spacial score (nSPS) is 10.3. The SMILES string of the molecule is COc1ccc(OCc2cccc(F)c2Br)cc1N. The Balaban J connectivity index is 2.10. The van der Waals surface area contributed by atoms with Crippen LogP contribution in [-0.2, 0) is 6.61 Å². The Bertz CT molecular complexity index is 590. The molecule has 0 fully saturated rings. The predicted molar refractivity (Wildman–Crippen MR) is 75.8 cm³/mol. The molecule has 0 aromatic heterocycles. The molecule has 5 heteroatoms. The van der Waals surface area contributed by atoms with Crippen LogP contribution in [0, 0.1) is 5.82 Å². The summed E-state index contributed by atoms with van der Waals surface area (Å²) in [5.41, 5.74) is 7.01. The van der Waals surface area contributed by atoms with Gasteiger partial charge >= 0.3 is 0 Å². The van der Waals surface area contributed by atoms with Gasteiger partial charge in [-0.3, -0.25) is 0 Å². The van der Waals surface area contributed by atoms with Gasteiger partial charge in [0.15, 0.2) is 0 Å². The molecule has 2 aromatic carbocycles. The first-order chi connectivity index (χ1) is 9.11. The Labute approximate surface area is 119 Å². The number of hydrogen-bond donors (Lipinski definition) is 1. The minimum absolute atomic E-state index is 0.254. The van der Waals surface area contributed by atoms with E-state index in [0.29, 0.717) is 21.7 Å². The second-order valence-corrected chi connectivity index (χ2v) is 4.70. The molecular formula is C14H13BrFNO2. The molecular weight excluding hydrogens is 313 g/mol. The molecule has 2 rings (SSSR count). The summed E-state index contributed by atoms with van der Waals surface area (Å²) < 4.78 is 24.4. The van der Waals surface area contributed by atoms with Crippen molar-refractivity contribution < 1.29 is 13.9 Å². The topological polar surface area (TPSA) is 44.5 Å². The Morgan fingerprint density at radius 2 is 2.05 bits per heavy atom. The summed E-state index contributed by atoms with van der Waals surface area (Å²) in [5.74, 6) is 0.893. The van der Waals surface area contributed by atoms with Gasteiger partial charge in [-0.2, -0.15) is 0 Å². The van der Waals surface area contributed by atoms with Gasteiger partial charge in [-0.15, -0.1) is 0 Å². The van der Waals surface area contributed by atoms with E-state index >= 15 is 0 Å². The van der Waals surface area contributed by atoms with Crippen LogP contribution in [0.5, 0.6) is 11.5 Å². The van der Waals surface area contributed by atoms with Crippen molar-refractivity contribution in [1.82, 2.24) is 0 Å². The Hall–Kier alpha value is -1.75. The lowest BCUT2D eigenvalue weighted by Gasteiger charge is -2.10. The maximum absolute atomic E-state index is 13.3. The summed E-state index contributed by atoms with van der Waals surface area (Å²) in [7, 11) is 1.55. The van der Waals surface area contributed by atoms with Crippen molar-refractivity contribution in [3.8, 4) is 11.5 Å². The highest BCUT2D eigenvalue weighted by atomic mass is 79.9. The van der Waals surface area contributed by atoms with E-state index in [1.807, 2.05) is 0 Å². The van der Waals surface area contributed by atoms with Crippen molar-refractivity contribution in [3.63, 3.8) is 0 Å². The molecule has 0 heterocycles. The second kappa shape index (κ2) is 5.93. The van der Waals surface area contributed by atoms with Gasteiger partial charge in [-0.05, 0) is 34.1 Å². The molecule has 0 aliphatic heterocycles. The molecule has 0 radical (unpaired) electrons. The molecule has 0 bridgehead atoms. The quantitative estimate of drug-likeness (QED) is 0.870. The van der Waals surface area contributed by atoms with Crippen molar-refractivity contribution in [3.05, 3.63) is 52.3 Å². The van der Waals surface area contributed by atoms with Crippen molar-refractivity contribution in [1.29, 1.82) is 0 Å². The smallest absolute Gasteiger partial charge is 0.142 e. The molecule has 0 aliphatic rings. The molecule has 19 heavy (non-hydrogen) atoms. The van der Waals surface area contributed by atoms with Gasteiger partial charge in [-0.25, -0.2) is 4.39 Å². The zero-order valence-electron chi connectivity index (χ0n) is 10.3. The minimum Gasteiger partial charge on any atom is -0.495 e. The van der Waals surface area contributed by atoms with Gasteiger partial charge < -0.3 is 15.2 Å². The van der Waals surface area contributed by atoms with Crippen molar-refractivity contribution >= 4 is 21.6 Å². The number of benzene rings is 2. The maximum Gasteiger partial charge on any atom is 0.142 e. The van der Waals surface area contributed by atoms with E-state index in [1.165, 1.54) is 6.07 Å². The maximum atomic E-state index is 13.3. The molecule has 0 unspecified atom stereocenters. The number of hydrogen-bond acceptors (Lipinski definition) is 3. The Morgan fingerprint density at radius 1 is 1.26 bits per heavy atom. The van der Waals surface area contributed by atoms with Gasteiger partial charge in [-0.1, -0.05) is 12.1 Å². The summed E-state index contributed by atoms with van der Waals surface area (Å²) >= 11 is 3.19. The number of nitrogens with two attached hydrogens (primary N) is 1. The van der Waals surface area contributed by atoms with E-state index < -0.39 is 0 Å². The molecule has 100 valence electrons. The zero-order valence-corrected chi connectivity index (χ0v) is 11.9. The minimum atomic E-state index is -0.310. The van der Waals surface area contributed by atoms with Crippen LogP contribution in [0.25, 0.3) is 0 Å². The lowest BCUT2D eigenvalue weighted by Crippen LogP contribution is -1.99. The van der Waals surface area contributed by atoms with Crippen LogP contribution >= 0.6 is 15.9 Å². The van der Waals surface area contributed by atoms with Crippen LogP contribution in [0.2, 0.25) is 0 Å². The summed E-state index contributed by atoms with van der Waals surface area (Å²) in [5, 5.41) is 0. The molecule has 0 saturated heterocycles. The molecule has 0 amide bonds. The van der Waals surface area contributed by atoms with Crippen LogP contribution in [0.4, 0.5) is 10.1 Å². The fraction of sp³-hybridized carbons (Fsp3) is 0.143. The largest absolute Gasteiger partial charge is 0.495 e. The van der Waals surface area contributed by atoms with E-state index in [9.17, 15) is 4.39 Å². The van der Waals surface area contributed by atoms with E-state index in [4.69, 9.17) is 15.2 Å². The summed E-state index contributed by atoms with van der Waals surface area (Å²) in [6.45, 7) is 0.254. The average Bonchev–Trinajstić information content (AvgIpc) is 2.40. The summed E-state index contributed by atoms with van der Waals surface area (Å²) in [4.78, 5) is 0. The highest BCUT2D eigenvalue weighted by Gasteiger charge is 2.07. The van der Waals surface area contributed by atoms with Gasteiger partial charge in [0.2, 0.25) is 0 Å². The fourth-order valence-electron chi connectivity index (χ4n) is 1.62. The number of anilines is 1. The van der Waals surface area contributed by atoms with Crippen LogP contribution in [0.1, 0.15) is 5.56 Å². The van der Waals surface area contributed by atoms with Gasteiger partial charge in [0.25, 0.3) is 0 Å². The Morgan fingerprint density at radius 3 is 2.74 bits per heavy atom. The first kappa shape index (κ1) is 13.7. The summed E-state index contributed by atoms with van der Waals surface area (Å²) in [6.07, 6.45) is 0. The average molecular weight is 326 g/mol. The fourth-order valence-corrected chi connectivity index (χ4v) is 2.00. The van der Waals surface area contributed by atoms with E-state index in [2.05, 4.69) is 15.9 Å². The van der Waals surface area contributed by atoms with Gasteiger partial charge in [0.1, 0.15) is 23.9 Å². The zero-order chi connectivity index (χ0) is 13.8. The first-order valence-corrected chi connectivity index (χ1v) is 6.40.